The van der Waals surface area contributed by atoms with Crippen molar-refractivity contribution in [2.24, 2.45) is 22.4 Å². The van der Waals surface area contributed by atoms with Crippen LogP contribution >= 0.6 is 0 Å². The third kappa shape index (κ3) is 2.65. The van der Waals surface area contributed by atoms with Crippen LogP contribution in [0.4, 0.5) is 0 Å². The van der Waals surface area contributed by atoms with Crippen molar-refractivity contribution in [3.63, 3.8) is 0 Å². The molecular formula is C15H26N2O2. The molecule has 0 bridgehead atoms. The molecule has 0 N–H and O–H groups in total. The maximum Gasteiger partial charge on any atom is 0.168 e. The fourth-order valence-electron chi connectivity index (χ4n) is 3.72. The molecule has 4 heteroatoms. The lowest BCUT2D eigenvalue weighted by Gasteiger charge is -2.42. The van der Waals surface area contributed by atoms with Gasteiger partial charge in [0, 0.05) is 38.1 Å². The first kappa shape index (κ1) is 13.4. The monoisotopic (exact) mass is 266 g/mol. The average molecular weight is 266 g/mol. The summed E-state index contributed by atoms with van der Waals surface area (Å²) in [5.41, 5.74) is 1.52. The van der Waals surface area contributed by atoms with Crippen LogP contribution in [0.2, 0.25) is 0 Å². The van der Waals surface area contributed by atoms with Gasteiger partial charge in [-0.3, -0.25) is 0 Å². The van der Waals surface area contributed by atoms with Crippen LogP contribution in [0, 0.1) is 17.3 Å². The van der Waals surface area contributed by atoms with E-state index >= 15 is 0 Å². The van der Waals surface area contributed by atoms with Crippen molar-refractivity contribution in [1.29, 1.82) is 0 Å². The largest absolute Gasteiger partial charge is 0.349 e. The highest BCUT2D eigenvalue weighted by Gasteiger charge is 2.53. The van der Waals surface area contributed by atoms with Gasteiger partial charge in [-0.2, -0.15) is 5.10 Å². The molecule has 0 aromatic heterocycles. The lowest BCUT2D eigenvalue weighted by molar-refractivity contribution is -0.297. The Hall–Kier alpha value is -0.610. The molecule has 0 aromatic rings. The van der Waals surface area contributed by atoms with Gasteiger partial charge in [-0.05, 0) is 24.7 Å². The summed E-state index contributed by atoms with van der Waals surface area (Å²) in [6.45, 7) is 6.06. The Morgan fingerprint density at radius 2 is 1.58 bits per heavy atom. The topological polar surface area (TPSA) is 34.1 Å². The molecule has 0 aromatic carbocycles. The third-order valence-electron chi connectivity index (χ3n) is 4.60. The second-order valence-corrected chi connectivity index (χ2v) is 7.50. The van der Waals surface area contributed by atoms with Crippen molar-refractivity contribution >= 4 is 5.71 Å². The van der Waals surface area contributed by atoms with Gasteiger partial charge in [0.25, 0.3) is 0 Å². The highest BCUT2D eigenvalue weighted by Crippen LogP contribution is 2.51. The second kappa shape index (κ2) is 4.45. The number of fused-ring (bicyclic) bond motifs is 1. The molecule has 2 aliphatic carbocycles. The van der Waals surface area contributed by atoms with Gasteiger partial charge in [0.1, 0.15) is 0 Å². The van der Waals surface area contributed by atoms with Gasteiger partial charge in [0.15, 0.2) is 5.79 Å². The average Bonchev–Trinajstić information content (AvgIpc) is 2.78. The van der Waals surface area contributed by atoms with Crippen molar-refractivity contribution in [3.05, 3.63) is 0 Å². The second-order valence-electron chi connectivity index (χ2n) is 7.50. The molecule has 0 unspecified atom stereocenters. The van der Waals surface area contributed by atoms with Crippen LogP contribution in [0.15, 0.2) is 5.10 Å². The summed E-state index contributed by atoms with van der Waals surface area (Å²) in [6, 6.07) is 0. The van der Waals surface area contributed by atoms with Crippen LogP contribution in [0.5, 0.6) is 0 Å². The highest BCUT2D eigenvalue weighted by atomic mass is 16.7. The van der Waals surface area contributed by atoms with Crippen molar-refractivity contribution in [2.45, 2.75) is 45.3 Å². The first-order valence-corrected chi connectivity index (χ1v) is 7.39. The van der Waals surface area contributed by atoms with Gasteiger partial charge < -0.3 is 14.5 Å². The lowest BCUT2D eigenvalue weighted by atomic mass is 9.94. The summed E-state index contributed by atoms with van der Waals surface area (Å²) in [4.78, 5) is 0. The Morgan fingerprint density at radius 3 is 2.05 bits per heavy atom. The van der Waals surface area contributed by atoms with Crippen LogP contribution in [0.25, 0.3) is 0 Å². The Bertz CT molecular complexity index is 362. The number of ether oxygens (including phenoxy) is 2. The minimum Gasteiger partial charge on any atom is -0.349 e. The van der Waals surface area contributed by atoms with E-state index in [0.29, 0.717) is 11.8 Å². The molecule has 0 radical (unpaired) electrons. The third-order valence-corrected chi connectivity index (χ3v) is 4.60. The molecule has 1 spiro atoms. The maximum absolute atomic E-state index is 6.12. The van der Waals surface area contributed by atoms with Crippen LogP contribution in [-0.4, -0.2) is 43.8 Å². The molecule has 3 rings (SSSR count). The summed E-state index contributed by atoms with van der Waals surface area (Å²) in [5.74, 6) is 1.15. The molecular weight excluding hydrogens is 240 g/mol. The van der Waals surface area contributed by atoms with Gasteiger partial charge in [-0.15, -0.1) is 0 Å². The molecule has 1 heterocycles. The molecule has 4 nitrogen and oxygen atoms in total. The highest BCUT2D eigenvalue weighted by molar-refractivity contribution is 5.87. The fraction of sp³-hybridized carbons (Fsp3) is 0.933. The first-order valence-electron chi connectivity index (χ1n) is 7.39. The van der Waals surface area contributed by atoms with Crippen LogP contribution in [0.1, 0.15) is 39.5 Å². The van der Waals surface area contributed by atoms with E-state index in [0.717, 1.165) is 38.9 Å². The zero-order valence-corrected chi connectivity index (χ0v) is 12.6. The molecule has 108 valence electrons. The molecule has 1 aliphatic heterocycles. The summed E-state index contributed by atoms with van der Waals surface area (Å²) in [7, 11) is 4.00. The molecule has 3 fully saturated rings. The molecule has 1 saturated heterocycles. The maximum atomic E-state index is 6.12. The molecule has 3 aliphatic rings. The van der Waals surface area contributed by atoms with Crippen molar-refractivity contribution in [1.82, 2.24) is 5.01 Å². The molecule has 2 saturated carbocycles. The van der Waals surface area contributed by atoms with Crippen LogP contribution in [0.3, 0.4) is 0 Å². The van der Waals surface area contributed by atoms with Crippen molar-refractivity contribution < 1.29 is 9.47 Å². The predicted molar refractivity (Wildman–Crippen MR) is 75.0 cm³/mol. The molecule has 19 heavy (non-hydrogen) atoms. The summed E-state index contributed by atoms with van der Waals surface area (Å²) >= 11 is 0. The Morgan fingerprint density at radius 1 is 1.05 bits per heavy atom. The van der Waals surface area contributed by atoms with E-state index < -0.39 is 0 Å². The van der Waals surface area contributed by atoms with E-state index in [4.69, 9.17) is 9.47 Å². The minimum absolute atomic E-state index is 0.167. The number of hydrazone groups is 1. The van der Waals surface area contributed by atoms with E-state index in [1.165, 1.54) is 5.71 Å². The normalized spacial score (nSPS) is 37.8. The van der Waals surface area contributed by atoms with Crippen LogP contribution < -0.4 is 0 Å². The van der Waals surface area contributed by atoms with Crippen molar-refractivity contribution in [2.75, 3.05) is 27.3 Å². The summed E-state index contributed by atoms with van der Waals surface area (Å²) < 4.78 is 12.2. The molecule has 2 atom stereocenters. The number of hydrogen-bond acceptors (Lipinski definition) is 4. The van der Waals surface area contributed by atoms with Gasteiger partial charge in [-0.1, -0.05) is 13.8 Å². The van der Waals surface area contributed by atoms with Crippen molar-refractivity contribution in [3.8, 4) is 0 Å². The molecule has 0 amide bonds. The Kier molecular flexibility index (Phi) is 3.13. The smallest absolute Gasteiger partial charge is 0.168 e. The zero-order valence-electron chi connectivity index (χ0n) is 12.6. The first-order chi connectivity index (χ1) is 8.88. The van der Waals surface area contributed by atoms with Gasteiger partial charge in [-0.25, -0.2) is 0 Å². The van der Waals surface area contributed by atoms with E-state index in [9.17, 15) is 0 Å². The van der Waals surface area contributed by atoms with E-state index in [1.807, 2.05) is 19.1 Å². The summed E-state index contributed by atoms with van der Waals surface area (Å²) in [6.07, 6.45) is 4.36. The van der Waals surface area contributed by atoms with E-state index in [2.05, 4.69) is 18.9 Å². The lowest BCUT2D eigenvalue weighted by Crippen LogP contribution is -2.46. The zero-order chi connectivity index (χ0) is 13.7. The number of nitrogens with zero attached hydrogens (tertiary/aromatic N) is 2. The predicted octanol–water partition coefficient (Wildman–Crippen LogP) is 2.49. The fourth-order valence-corrected chi connectivity index (χ4v) is 3.72. The van der Waals surface area contributed by atoms with Crippen LogP contribution in [-0.2, 0) is 9.47 Å². The van der Waals surface area contributed by atoms with Gasteiger partial charge in [0.05, 0.1) is 13.2 Å². The number of hydrogen-bond donors (Lipinski definition) is 0. The SMILES string of the molecule is CN(C)N=C1C[C@@H]2CC3(C[C@@H]2C1)OCC(C)(C)CO3. The quantitative estimate of drug-likeness (QED) is 0.684. The van der Waals surface area contributed by atoms with E-state index in [-0.39, 0.29) is 11.2 Å². The Balaban J connectivity index is 1.62. The van der Waals surface area contributed by atoms with Gasteiger partial charge >= 0.3 is 0 Å². The van der Waals surface area contributed by atoms with E-state index in [1.54, 1.807) is 0 Å². The van der Waals surface area contributed by atoms with Gasteiger partial charge in [0.2, 0.25) is 0 Å². The summed E-state index contributed by atoms with van der Waals surface area (Å²) in [5, 5.41) is 6.50. The standard InChI is InChI=1S/C15H26N2O2/c1-14(2)9-18-15(19-10-14)7-11-5-13(16-17(3)4)6-12(11)8-15/h11-12H,5-10H2,1-4H3/t11-,12+. The minimum atomic E-state index is -0.269. The number of rotatable bonds is 1. The Labute approximate surface area is 116 Å².